The Morgan fingerprint density at radius 3 is 2.79 bits per heavy atom. The highest BCUT2D eigenvalue weighted by Crippen LogP contribution is 2.53. The molecule has 0 spiro atoms. The van der Waals surface area contributed by atoms with Gasteiger partial charge in [-0.3, -0.25) is 9.36 Å². The number of rotatable bonds is 4. The number of carbonyl (C=O) groups excluding carboxylic acids is 1. The van der Waals surface area contributed by atoms with Crippen LogP contribution in [0.2, 0.25) is 0 Å². The molecule has 0 amide bonds. The van der Waals surface area contributed by atoms with Crippen LogP contribution in [0.25, 0.3) is 5.69 Å². The normalized spacial score (nSPS) is 24.9. The van der Waals surface area contributed by atoms with Crippen molar-refractivity contribution in [2.24, 2.45) is 11.3 Å². The molecule has 1 saturated carbocycles. The topological polar surface area (TPSA) is 66.8 Å². The van der Waals surface area contributed by atoms with Gasteiger partial charge in [0.1, 0.15) is 11.9 Å². The Hall–Kier alpha value is -2.60. The lowest BCUT2D eigenvalue weighted by atomic mass is 9.59. The minimum absolute atomic E-state index is 0.149. The molecular weight excluding hydrogens is 358 g/mol. The van der Waals surface area contributed by atoms with Crippen molar-refractivity contribution < 1.29 is 19.0 Å². The van der Waals surface area contributed by atoms with E-state index in [2.05, 4.69) is 13.8 Å². The van der Waals surface area contributed by atoms with Crippen molar-refractivity contribution >= 4 is 5.97 Å². The molecule has 3 atom stereocenters. The number of nitrogens with zero attached hydrogens (tertiary/aromatic N) is 1. The van der Waals surface area contributed by atoms with E-state index in [1.807, 2.05) is 19.1 Å². The van der Waals surface area contributed by atoms with Crippen LogP contribution >= 0.6 is 0 Å². The maximum atomic E-state index is 12.8. The molecule has 0 radical (unpaired) electrons. The minimum atomic E-state index is -0.427. The van der Waals surface area contributed by atoms with Crippen molar-refractivity contribution in [2.75, 3.05) is 13.7 Å². The third-order valence-electron chi connectivity index (χ3n) is 5.97. The molecule has 1 aromatic heterocycles. The number of carbonyl (C=O) groups is 1. The number of benzene rings is 1. The molecule has 0 N–H and O–H groups in total. The quantitative estimate of drug-likeness (QED) is 0.759. The van der Waals surface area contributed by atoms with Gasteiger partial charge in [-0.05, 0) is 37.1 Å². The predicted octanol–water partition coefficient (Wildman–Crippen LogP) is 3.12. The van der Waals surface area contributed by atoms with Gasteiger partial charge in [0.05, 0.1) is 24.5 Å². The first-order valence-electron chi connectivity index (χ1n) is 9.53. The lowest BCUT2D eigenvalue weighted by Crippen LogP contribution is -2.61. The van der Waals surface area contributed by atoms with Crippen LogP contribution in [0.5, 0.6) is 5.75 Å². The SMILES string of the molecule is COc1ccc(C)cc1-n1cc(C(=O)O[C@@H]2[C@@H]3CCO[C@@H]3C2(C)C)ccc1=O. The van der Waals surface area contributed by atoms with Gasteiger partial charge < -0.3 is 14.2 Å². The van der Waals surface area contributed by atoms with Crippen LogP contribution in [-0.4, -0.2) is 36.5 Å². The van der Waals surface area contributed by atoms with Gasteiger partial charge in [0.25, 0.3) is 5.56 Å². The number of aryl methyl sites for hydroxylation is 1. The third kappa shape index (κ3) is 2.92. The van der Waals surface area contributed by atoms with Crippen molar-refractivity contribution in [1.29, 1.82) is 0 Å². The summed E-state index contributed by atoms with van der Waals surface area (Å²) in [4.78, 5) is 25.3. The fourth-order valence-corrected chi connectivity index (χ4v) is 4.48. The third-order valence-corrected chi connectivity index (χ3v) is 5.97. The molecule has 2 heterocycles. The van der Waals surface area contributed by atoms with Crippen LogP contribution in [0, 0.1) is 18.3 Å². The fraction of sp³-hybridized carbons (Fsp3) is 0.455. The number of fused-ring (bicyclic) bond motifs is 1. The summed E-state index contributed by atoms with van der Waals surface area (Å²) in [5.41, 5.74) is 1.47. The van der Waals surface area contributed by atoms with E-state index in [9.17, 15) is 9.59 Å². The first-order chi connectivity index (χ1) is 13.3. The van der Waals surface area contributed by atoms with E-state index >= 15 is 0 Å². The van der Waals surface area contributed by atoms with Crippen LogP contribution in [0.1, 0.15) is 36.2 Å². The summed E-state index contributed by atoms with van der Waals surface area (Å²) in [7, 11) is 1.55. The van der Waals surface area contributed by atoms with Gasteiger partial charge in [-0.15, -0.1) is 0 Å². The highest BCUT2D eigenvalue weighted by atomic mass is 16.6. The molecule has 2 fully saturated rings. The summed E-state index contributed by atoms with van der Waals surface area (Å²) >= 11 is 0. The van der Waals surface area contributed by atoms with E-state index in [0.29, 0.717) is 23.6 Å². The summed E-state index contributed by atoms with van der Waals surface area (Å²) < 4.78 is 18.4. The first kappa shape index (κ1) is 18.7. The van der Waals surface area contributed by atoms with Crippen molar-refractivity contribution in [1.82, 2.24) is 4.57 Å². The minimum Gasteiger partial charge on any atom is -0.495 e. The average molecular weight is 383 g/mol. The molecule has 1 aliphatic heterocycles. The Labute approximate surface area is 164 Å². The number of aromatic nitrogens is 1. The molecule has 2 aliphatic rings. The van der Waals surface area contributed by atoms with E-state index < -0.39 is 5.97 Å². The van der Waals surface area contributed by atoms with E-state index in [0.717, 1.165) is 12.0 Å². The van der Waals surface area contributed by atoms with Gasteiger partial charge in [0.2, 0.25) is 0 Å². The van der Waals surface area contributed by atoms with Crippen LogP contribution in [0.3, 0.4) is 0 Å². The molecule has 4 rings (SSSR count). The van der Waals surface area contributed by atoms with E-state index in [4.69, 9.17) is 14.2 Å². The maximum Gasteiger partial charge on any atom is 0.339 e. The second-order valence-corrected chi connectivity index (χ2v) is 8.19. The van der Waals surface area contributed by atoms with Crippen molar-refractivity contribution in [3.05, 3.63) is 58.0 Å². The fourth-order valence-electron chi connectivity index (χ4n) is 4.48. The molecule has 2 aromatic rings. The maximum absolute atomic E-state index is 12.8. The monoisotopic (exact) mass is 383 g/mol. The highest BCUT2D eigenvalue weighted by molar-refractivity contribution is 5.89. The van der Waals surface area contributed by atoms with Crippen LogP contribution in [0.15, 0.2) is 41.3 Å². The Morgan fingerprint density at radius 2 is 2.04 bits per heavy atom. The summed E-state index contributed by atoms with van der Waals surface area (Å²) in [6.45, 7) is 6.78. The Kier molecular flexibility index (Phi) is 4.54. The summed E-state index contributed by atoms with van der Waals surface area (Å²) in [5, 5.41) is 0. The van der Waals surface area contributed by atoms with Crippen molar-refractivity contribution in [3.63, 3.8) is 0 Å². The van der Waals surface area contributed by atoms with Crippen molar-refractivity contribution in [3.8, 4) is 11.4 Å². The second-order valence-electron chi connectivity index (χ2n) is 8.19. The summed E-state index contributed by atoms with van der Waals surface area (Å²) in [6, 6.07) is 8.46. The molecule has 0 unspecified atom stereocenters. The van der Waals surface area contributed by atoms with E-state index in [-0.39, 0.29) is 29.1 Å². The number of esters is 1. The molecular formula is C22H25NO5. The number of ether oxygens (including phenoxy) is 3. The smallest absolute Gasteiger partial charge is 0.339 e. The Bertz CT molecular complexity index is 977. The molecule has 6 heteroatoms. The van der Waals surface area contributed by atoms with Crippen LogP contribution < -0.4 is 10.3 Å². The molecule has 1 aromatic carbocycles. The van der Waals surface area contributed by atoms with E-state index in [1.54, 1.807) is 13.2 Å². The molecule has 28 heavy (non-hydrogen) atoms. The predicted molar refractivity (Wildman–Crippen MR) is 104 cm³/mol. The highest BCUT2D eigenvalue weighted by Gasteiger charge is 2.61. The zero-order valence-electron chi connectivity index (χ0n) is 16.6. The van der Waals surface area contributed by atoms with Crippen molar-refractivity contribution in [2.45, 2.75) is 39.4 Å². The zero-order chi connectivity index (χ0) is 20.1. The molecule has 6 nitrogen and oxygen atoms in total. The van der Waals surface area contributed by atoms with E-state index in [1.165, 1.54) is 22.9 Å². The lowest BCUT2D eigenvalue weighted by Gasteiger charge is -2.53. The molecule has 0 bridgehead atoms. The van der Waals surface area contributed by atoms with Crippen LogP contribution in [0.4, 0.5) is 0 Å². The molecule has 1 saturated heterocycles. The number of methoxy groups -OCH3 is 1. The second kappa shape index (κ2) is 6.78. The van der Waals surface area contributed by atoms with Gasteiger partial charge in [-0.2, -0.15) is 0 Å². The van der Waals surface area contributed by atoms with Gasteiger partial charge in [-0.25, -0.2) is 4.79 Å². The van der Waals surface area contributed by atoms with Gasteiger partial charge in [0, 0.05) is 30.2 Å². The van der Waals surface area contributed by atoms with Gasteiger partial charge in [-0.1, -0.05) is 19.9 Å². The lowest BCUT2D eigenvalue weighted by molar-refractivity contribution is -0.183. The Morgan fingerprint density at radius 1 is 1.25 bits per heavy atom. The molecule has 148 valence electrons. The molecule has 1 aliphatic carbocycles. The first-order valence-corrected chi connectivity index (χ1v) is 9.53. The largest absolute Gasteiger partial charge is 0.495 e. The number of pyridine rings is 1. The van der Waals surface area contributed by atoms with Crippen LogP contribution in [-0.2, 0) is 9.47 Å². The van der Waals surface area contributed by atoms with Gasteiger partial charge in [0.15, 0.2) is 0 Å². The summed E-state index contributed by atoms with van der Waals surface area (Å²) in [5.74, 6) is 0.384. The zero-order valence-corrected chi connectivity index (χ0v) is 16.6. The average Bonchev–Trinajstić information content (AvgIpc) is 3.13. The standard InChI is InChI=1S/C22H25NO5/c1-13-5-7-17(26-4)16(11-13)23-12-14(6-8-18(23)24)21(25)28-20-15-9-10-27-19(15)22(20,2)3/h5-8,11-12,15,19-20H,9-10H2,1-4H3/t15-,19+,20-/m1/s1. The Balaban J connectivity index is 1.63. The number of hydrogen-bond donors (Lipinski definition) is 0. The summed E-state index contributed by atoms with van der Waals surface area (Å²) in [6.07, 6.45) is 2.40. The number of hydrogen-bond acceptors (Lipinski definition) is 5. The van der Waals surface area contributed by atoms with Gasteiger partial charge >= 0.3 is 5.97 Å².